The van der Waals surface area contributed by atoms with E-state index in [-0.39, 0.29) is 17.2 Å². The van der Waals surface area contributed by atoms with Crippen LogP contribution in [0.4, 0.5) is 11.4 Å². The minimum absolute atomic E-state index is 0.0702. The molecule has 0 aliphatic carbocycles. The smallest absolute Gasteiger partial charge is 0.261 e. The molecule has 0 aromatic heterocycles. The number of ether oxygens (including phenoxy) is 2. The van der Waals surface area contributed by atoms with Crippen LogP contribution in [0.15, 0.2) is 71.6 Å². The number of carbonyl (C=O) groups is 1. The van der Waals surface area contributed by atoms with Crippen molar-refractivity contribution in [1.82, 2.24) is 0 Å². The first-order chi connectivity index (χ1) is 15.3. The zero-order valence-electron chi connectivity index (χ0n) is 17.6. The van der Waals surface area contributed by atoms with Gasteiger partial charge in [0.05, 0.1) is 24.8 Å². The van der Waals surface area contributed by atoms with Gasteiger partial charge in [0.2, 0.25) is 5.91 Å². The van der Waals surface area contributed by atoms with Crippen molar-refractivity contribution < 1.29 is 22.7 Å². The first-order valence-corrected chi connectivity index (χ1v) is 11.6. The lowest BCUT2D eigenvalue weighted by molar-refractivity contribution is -0.116. The molecule has 0 spiro atoms. The SMILES string of the molecule is COc1ccc(CCC(=O)Nc2ccc(S(=O)(=O)Nc3cccc(Cl)c3)cc2)cc1OC. The van der Waals surface area contributed by atoms with E-state index >= 15 is 0 Å². The zero-order valence-corrected chi connectivity index (χ0v) is 19.2. The van der Waals surface area contributed by atoms with Crippen LogP contribution >= 0.6 is 11.6 Å². The molecule has 9 heteroatoms. The Labute approximate surface area is 192 Å². The number of halogens is 1. The maximum Gasteiger partial charge on any atom is 0.261 e. The third-order valence-corrected chi connectivity index (χ3v) is 6.25. The highest BCUT2D eigenvalue weighted by molar-refractivity contribution is 7.92. The Morgan fingerprint density at radius 1 is 0.906 bits per heavy atom. The minimum atomic E-state index is -3.78. The van der Waals surface area contributed by atoms with Crippen LogP contribution in [-0.2, 0) is 21.2 Å². The van der Waals surface area contributed by atoms with Crippen LogP contribution in [0.25, 0.3) is 0 Å². The number of benzene rings is 3. The van der Waals surface area contributed by atoms with E-state index in [1.165, 1.54) is 18.2 Å². The van der Waals surface area contributed by atoms with Gasteiger partial charge in [-0.3, -0.25) is 9.52 Å². The van der Waals surface area contributed by atoms with Crippen molar-refractivity contribution >= 4 is 38.9 Å². The summed E-state index contributed by atoms with van der Waals surface area (Å²) in [5.41, 5.74) is 1.81. The average molecular weight is 475 g/mol. The summed E-state index contributed by atoms with van der Waals surface area (Å²) >= 11 is 5.90. The highest BCUT2D eigenvalue weighted by Gasteiger charge is 2.15. The van der Waals surface area contributed by atoms with Gasteiger partial charge in [-0.25, -0.2) is 8.42 Å². The first-order valence-electron chi connectivity index (χ1n) is 9.70. The van der Waals surface area contributed by atoms with E-state index in [1.54, 1.807) is 50.6 Å². The van der Waals surface area contributed by atoms with E-state index in [4.69, 9.17) is 21.1 Å². The van der Waals surface area contributed by atoms with Crippen molar-refractivity contribution in [3.8, 4) is 11.5 Å². The summed E-state index contributed by atoms with van der Waals surface area (Å²) in [6.07, 6.45) is 0.772. The molecule has 0 heterocycles. The fraction of sp³-hybridized carbons (Fsp3) is 0.174. The van der Waals surface area contributed by atoms with E-state index in [0.29, 0.717) is 34.3 Å². The number of hydrogen-bond donors (Lipinski definition) is 2. The monoisotopic (exact) mass is 474 g/mol. The topological polar surface area (TPSA) is 93.7 Å². The van der Waals surface area contributed by atoms with Crippen molar-refractivity contribution in [2.75, 3.05) is 24.3 Å². The van der Waals surface area contributed by atoms with Crippen molar-refractivity contribution in [2.45, 2.75) is 17.7 Å². The summed E-state index contributed by atoms with van der Waals surface area (Å²) in [5.74, 6) is 1.04. The number of aryl methyl sites for hydroxylation is 1. The normalized spacial score (nSPS) is 11.0. The summed E-state index contributed by atoms with van der Waals surface area (Å²) in [7, 11) is -0.655. The molecule has 0 radical (unpaired) electrons. The molecule has 1 amide bonds. The third-order valence-electron chi connectivity index (χ3n) is 4.61. The van der Waals surface area contributed by atoms with Gasteiger partial charge in [0.1, 0.15) is 0 Å². The van der Waals surface area contributed by atoms with Crippen LogP contribution in [0.1, 0.15) is 12.0 Å². The molecule has 3 rings (SSSR count). The lowest BCUT2D eigenvalue weighted by Gasteiger charge is -2.11. The number of anilines is 2. The highest BCUT2D eigenvalue weighted by atomic mass is 35.5. The molecule has 2 N–H and O–H groups in total. The Morgan fingerprint density at radius 3 is 2.28 bits per heavy atom. The van der Waals surface area contributed by atoms with E-state index < -0.39 is 10.0 Å². The summed E-state index contributed by atoms with van der Waals surface area (Å²) < 4.78 is 38.0. The molecule has 0 saturated carbocycles. The largest absolute Gasteiger partial charge is 0.493 e. The van der Waals surface area contributed by atoms with Crippen LogP contribution in [0.2, 0.25) is 5.02 Å². The number of nitrogens with one attached hydrogen (secondary N) is 2. The molecule has 32 heavy (non-hydrogen) atoms. The molecule has 0 saturated heterocycles. The van der Waals surface area contributed by atoms with Gasteiger partial charge < -0.3 is 14.8 Å². The standard InChI is InChI=1S/C23H23ClN2O5S/c1-30-21-12-6-16(14-22(21)31-2)7-13-23(27)25-18-8-10-20(11-9-18)32(28,29)26-19-5-3-4-17(24)15-19/h3-6,8-12,14-15,26H,7,13H2,1-2H3,(H,25,27). The molecular formula is C23H23ClN2O5S. The van der Waals surface area contributed by atoms with Crippen molar-refractivity contribution in [2.24, 2.45) is 0 Å². The quantitative estimate of drug-likeness (QED) is 0.467. The van der Waals surface area contributed by atoms with Gasteiger partial charge in [-0.2, -0.15) is 0 Å². The van der Waals surface area contributed by atoms with Gasteiger partial charge in [0, 0.05) is 17.1 Å². The Balaban J connectivity index is 1.58. The Morgan fingerprint density at radius 2 is 1.62 bits per heavy atom. The summed E-state index contributed by atoms with van der Waals surface area (Å²) in [6, 6.07) is 17.9. The number of rotatable bonds is 9. The maximum atomic E-state index is 12.5. The number of methoxy groups -OCH3 is 2. The van der Waals surface area contributed by atoms with Gasteiger partial charge in [-0.15, -0.1) is 0 Å². The van der Waals surface area contributed by atoms with Crippen molar-refractivity contribution in [1.29, 1.82) is 0 Å². The Kier molecular flexibility index (Phi) is 7.61. The van der Waals surface area contributed by atoms with E-state index in [0.717, 1.165) is 5.56 Å². The van der Waals surface area contributed by atoms with Gasteiger partial charge in [-0.1, -0.05) is 23.7 Å². The molecule has 0 unspecified atom stereocenters. The number of carbonyl (C=O) groups excluding carboxylic acids is 1. The minimum Gasteiger partial charge on any atom is -0.493 e. The Bertz CT molecular complexity index is 1200. The summed E-state index contributed by atoms with van der Waals surface area (Å²) in [6.45, 7) is 0. The van der Waals surface area contributed by atoms with E-state index in [1.807, 2.05) is 12.1 Å². The van der Waals surface area contributed by atoms with Crippen LogP contribution < -0.4 is 19.5 Å². The van der Waals surface area contributed by atoms with E-state index in [2.05, 4.69) is 10.0 Å². The second-order valence-electron chi connectivity index (χ2n) is 6.88. The van der Waals surface area contributed by atoms with Crippen LogP contribution in [0, 0.1) is 0 Å². The summed E-state index contributed by atoms with van der Waals surface area (Å²) in [4.78, 5) is 12.4. The first kappa shape index (κ1) is 23.4. The molecule has 0 aliphatic rings. The van der Waals surface area contributed by atoms with Crippen LogP contribution in [0.3, 0.4) is 0 Å². The van der Waals surface area contributed by atoms with Crippen molar-refractivity contribution in [3.05, 3.63) is 77.3 Å². The lowest BCUT2D eigenvalue weighted by atomic mass is 10.1. The second-order valence-corrected chi connectivity index (χ2v) is 9.00. The molecule has 168 valence electrons. The number of amides is 1. The van der Waals surface area contributed by atoms with Crippen LogP contribution in [-0.4, -0.2) is 28.5 Å². The molecule has 0 bridgehead atoms. The number of sulfonamides is 1. The predicted molar refractivity (Wildman–Crippen MR) is 125 cm³/mol. The average Bonchev–Trinajstić information content (AvgIpc) is 2.77. The van der Waals surface area contributed by atoms with Gasteiger partial charge in [0.25, 0.3) is 10.0 Å². The number of hydrogen-bond acceptors (Lipinski definition) is 5. The van der Waals surface area contributed by atoms with Crippen LogP contribution in [0.5, 0.6) is 11.5 Å². The zero-order chi connectivity index (χ0) is 23.1. The molecule has 0 aliphatic heterocycles. The fourth-order valence-electron chi connectivity index (χ4n) is 3.00. The molecule has 0 atom stereocenters. The molecule has 7 nitrogen and oxygen atoms in total. The van der Waals surface area contributed by atoms with Gasteiger partial charge >= 0.3 is 0 Å². The van der Waals surface area contributed by atoms with Crippen molar-refractivity contribution in [3.63, 3.8) is 0 Å². The predicted octanol–water partition coefficient (Wildman–Crippen LogP) is 4.73. The van der Waals surface area contributed by atoms with Gasteiger partial charge in [-0.05, 0) is 66.6 Å². The molecule has 3 aromatic rings. The molecule has 0 fully saturated rings. The molecule has 3 aromatic carbocycles. The Hall–Kier alpha value is -3.23. The lowest BCUT2D eigenvalue weighted by Crippen LogP contribution is -2.14. The maximum absolute atomic E-state index is 12.5. The highest BCUT2D eigenvalue weighted by Crippen LogP contribution is 2.28. The van der Waals surface area contributed by atoms with E-state index in [9.17, 15) is 13.2 Å². The van der Waals surface area contributed by atoms with Gasteiger partial charge in [0.15, 0.2) is 11.5 Å². The third kappa shape index (κ3) is 6.15. The summed E-state index contributed by atoms with van der Waals surface area (Å²) in [5, 5.41) is 3.20. The second kappa shape index (κ2) is 10.4. The fourth-order valence-corrected chi connectivity index (χ4v) is 4.24. The molecular weight excluding hydrogens is 452 g/mol.